The number of esters is 1. The highest BCUT2D eigenvalue weighted by atomic mass is 19.1. The molecule has 3 aromatic rings. The predicted octanol–water partition coefficient (Wildman–Crippen LogP) is 3.50. The fourth-order valence-corrected chi connectivity index (χ4v) is 6.61. The molecule has 2 aromatic heterocycles. The lowest BCUT2D eigenvalue weighted by Crippen LogP contribution is -2.44. The van der Waals surface area contributed by atoms with Gasteiger partial charge in [-0.25, -0.2) is 14.2 Å². The molecule has 6 rings (SSSR count). The van der Waals surface area contributed by atoms with Crippen molar-refractivity contribution in [3.05, 3.63) is 61.7 Å². The second kappa shape index (κ2) is 7.70. The minimum absolute atomic E-state index is 0.0675. The Bertz CT molecular complexity index is 1540. The zero-order valence-electron chi connectivity index (χ0n) is 20.7. The van der Waals surface area contributed by atoms with E-state index in [0.717, 1.165) is 41.3 Å². The number of halogens is 1. The standard InChI is InChI=1S/C28H29FN2O5/c1-4-28(35)18-10-21-24-16(12-31(21)25(33)17(18)13-36-26(28)34)23-22-15(6-8-27(23,3)7-5-9-32)14(2)19(29)11-20(22)30-24/h10-11,32,35H,4-9,12-13H2,1-3H3/t27-,28+/m1/s1. The highest BCUT2D eigenvalue weighted by molar-refractivity contribution is 5.93. The fourth-order valence-electron chi connectivity index (χ4n) is 6.61. The second-order valence-electron chi connectivity index (χ2n) is 10.7. The van der Waals surface area contributed by atoms with E-state index in [0.29, 0.717) is 35.4 Å². The molecule has 0 radical (unpaired) electrons. The maximum Gasteiger partial charge on any atom is 0.343 e. The average Bonchev–Trinajstić information content (AvgIpc) is 3.23. The van der Waals surface area contributed by atoms with Crippen LogP contribution in [0.15, 0.2) is 16.9 Å². The van der Waals surface area contributed by atoms with E-state index in [1.165, 1.54) is 6.07 Å². The van der Waals surface area contributed by atoms with E-state index in [4.69, 9.17) is 9.72 Å². The van der Waals surface area contributed by atoms with Crippen LogP contribution in [-0.4, -0.2) is 32.3 Å². The van der Waals surface area contributed by atoms with Crippen LogP contribution in [0.25, 0.3) is 22.3 Å². The summed E-state index contributed by atoms with van der Waals surface area (Å²) >= 11 is 0. The van der Waals surface area contributed by atoms with Gasteiger partial charge in [0.05, 0.1) is 29.0 Å². The minimum atomic E-state index is -1.90. The number of aliphatic hydroxyl groups is 2. The molecule has 0 fully saturated rings. The molecule has 2 aliphatic heterocycles. The van der Waals surface area contributed by atoms with Gasteiger partial charge in [0.25, 0.3) is 5.56 Å². The number of carbonyl (C=O) groups is 1. The molecule has 0 amide bonds. The minimum Gasteiger partial charge on any atom is -0.458 e. The molecule has 2 atom stereocenters. The van der Waals surface area contributed by atoms with Gasteiger partial charge in [-0.2, -0.15) is 0 Å². The van der Waals surface area contributed by atoms with Crippen molar-refractivity contribution in [3.63, 3.8) is 0 Å². The third-order valence-electron chi connectivity index (χ3n) is 8.72. The number of carbonyl (C=O) groups excluding carboxylic acids is 1. The number of cyclic esters (lactones) is 1. The van der Waals surface area contributed by atoms with Crippen molar-refractivity contribution in [2.45, 2.75) is 77.0 Å². The average molecular weight is 493 g/mol. The highest BCUT2D eigenvalue weighted by Crippen LogP contribution is 2.50. The van der Waals surface area contributed by atoms with Gasteiger partial charge >= 0.3 is 5.97 Å². The van der Waals surface area contributed by atoms with Crippen LogP contribution < -0.4 is 5.56 Å². The molecule has 7 nitrogen and oxygen atoms in total. The third-order valence-corrected chi connectivity index (χ3v) is 8.72. The van der Waals surface area contributed by atoms with Crippen molar-refractivity contribution in [1.82, 2.24) is 9.55 Å². The number of fused-ring (bicyclic) bond motifs is 5. The molecule has 0 saturated carbocycles. The first-order valence-corrected chi connectivity index (χ1v) is 12.6. The molecule has 0 unspecified atom stereocenters. The summed E-state index contributed by atoms with van der Waals surface area (Å²) in [5, 5.41) is 21.7. The molecule has 0 bridgehead atoms. The highest BCUT2D eigenvalue weighted by Gasteiger charge is 2.46. The molecule has 3 aliphatic rings. The van der Waals surface area contributed by atoms with Crippen molar-refractivity contribution in [1.29, 1.82) is 0 Å². The van der Waals surface area contributed by atoms with Crippen LogP contribution in [0.1, 0.15) is 72.9 Å². The van der Waals surface area contributed by atoms with Crippen molar-refractivity contribution in [2.24, 2.45) is 0 Å². The fraction of sp³-hybridized carbons (Fsp3) is 0.464. The van der Waals surface area contributed by atoms with Crippen LogP contribution in [0.4, 0.5) is 4.39 Å². The maximum atomic E-state index is 15.0. The molecule has 0 saturated heterocycles. The number of pyridine rings is 2. The van der Waals surface area contributed by atoms with Gasteiger partial charge in [-0.1, -0.05) is 13.8 Å². The summed E-state index contributed by atoms with van der Waals surface area (Å²) in [5.41, 5.74) is 3.27. The summed E-state index contributed by atoms with van der Waals surface area (Å²) in [7, 11) is 0. The first-order valence-electron chi connectivity index (χ1n) is 12.6. The molecule has 1 aliphatic carbocycles. The third kappa shape index (κ3) is 2.88. The number of nitrogens with zero attached hydrogens (tertiary/aromatic N) is 2. The first-order chi connectivity index (χ1) is 17.1. The Morgan fingerprint density at radius 2 is 2.00 bits per heavy atom. The molecule has 4 heterocycles. The molecule has 8 heteroatoms. The Morgan fingerprint density at radius 1 is 1.22 bits per heavy atom. The summed E-state index contributed by atoms with van der Waals surface area (Å²) in [5.74, 6) is -1.07. The van der Waals surface area contributed by atoms with Crippen LogP contribution in [0.3, 0.4) is 0 Å². The Balaban J connectivity index is 1.69. The molecule has 2 N–H and O–H groups in total. The van der Waals surface area contributed by atoms with Gasteiger partial charge in [0.15, 0.2) is 5.60 Å². The number of rotatable bonds is 4. The summed E-state index contributed by atoms with van der Waals surface area (Å²) < 4.78 is 21.8. The molecule has 36 heavy (non-hydrogen) atoms. The van der Waals surface area contributed by atoms with Gasteiger partial charge in [-0.05, 0) is 67.2 Å². The van der Waals surface area contributed by atoms with Crippen molar-refractivity contribution < 1.29 is 24.1 Å². The van der Waals surface area contributed by atoms with Crippen molar-refractivity contribution in [3.8, 4) is 11.4 Å². The molecular formula is C28H29FN2O5. The van der Waals surface area contributed by atoms with Crippen molar-refractivity contribution >= 4 is 16.9 Å². The largest absolute Gasteiger partial charge is 0.458 e. The first kappa shape index (κ1) is 23.3. The van der Waals surface area contributed by atoms with Gasteiger partial charge in [0.2, 0.25) is 0 Å². The number of aliphatic hydroxyl groups excluding tert-OH is 1. The summed E-state index contributed by atoms with van der Waals surface area (Å²) in [6.07, 6.45) is 2.98. The Morgan fingerprint density at radius 3 is 2.72 bits per heavy atom. The smallest absolute Gasteiger partial charge is 0.343 e. The zero-order valence-corrected chi connectivity index (χ0v) is 20.7. The molecule has 1 aromatic carbocycles. The van der Waals surface area contributed by atoms with Gasteiger partial charge in [0, 0.05) is 29.2 Å². The van der Waals surface area contributed by atoms with E-state index in [1.807, 2.05) is 0 Å². The van der Waals surface area contributed by atoms with Crippen LogP contribution in [-0.2, 0) is 40.1 Å². The number of hydrogen-bond donors (Lipinski definition) is 2. The Kier molecular flexibility index (Phi) is 4.98. The van der Waals surface area contributed by atoms with Gasteiger partial charge in [-0.15, -0.1) is 0 Å². The predicted molar refractivity (Wildman–Crippen MR) is 131 cm³/mol. The monoisotopic (exact) mass is 492 g/mol. The van der Waals surface area contributed by atoms with Crippen LogP contribution >= 0.6 is 0 Å². The van der Waals surface area contributed by atoms with E-state index in [1.54, 1.807) is 24.5 Å². The van der Waals surface area contributed by atoms with E-state index < -0.39 is 11.6 Å². The number of benzene rings is 1. The van der Waals surface area contributed by atoms with Crippen LogP contribution in [0.2, 0.25) is 0 Å². The van der Waals surface area contributed by atoms with Crippen molar-refractivity contribution in [2.75, 3.05) is 6.61 Å². The van der Waals surface area contributed by atoms with E-state index in [2.05, 4.69) is 6.92 Å². The SMILES string of the molecule is CC[C@@]1(O)C(=O)OCc2c1cc1n(c2=O)Cc2c-1nc1cc(F)c(C)c3c1c2[C@](C)(CCCO)CC3. The lowest BCUT2D eigenvalue weighted by molar-refractivity contribution is -0.172. The van der Waals surface area contributed by atoms with Gasteiger partial charge < -0.3 is 19.5 Å². The molecule has 0 spiro atoms. The second-order valence-corrected chi connectivity index (χ2v) is 10.7. The van der Waals surface area contributed by atoms with E-state index >= 15 is 0 Å². The normalized spacial score (nSPS) is 23.9. The number of aryl methyl sites for hydroxylation is 1. The summed E-state index contributed by atoms with van der Waals surface area (Å²) in [6, 6.07) is 3.16. The maximum absolute atomic E-state index is 15.0. The Hall–Kier alpha value is -3.10. The lowest BCUT2D eigenvalue weighted by Gasteiger charge is -2.38. The number of aromatic nitrogens is 2. The topological polar surface area (TPSA) is 102 Å². The summed E-state index contributed by atoms with van der Waals surface area (Å²) in [4.78, 5) is 31.0. The number of hydrogen-bond acceptors (Lipinski definition) is 6. The lowest BCUT2D eigenvalue weighted by atomic mass is 9.66. The Labute approximate surface area is 207 Å². The zero-order chi connectivity index (χ0) is 25.6. The van der Waals surface area contributed by atoms with E-state index in [9.17, 15) is 24.2 Å². The quantitative estimate of drug-likeness (QED) is 0.423. The number of ether oxygens (including phenoxy) is 1. The van der Waals surface area contributed by atoms with E-state index in [-0.39, 0.29) is 47.6 Å². The van der Waals surface area contributed by atoms with Gasteiger partial charge in [0.1, 0.15) is 12.4 Å². The van der Waals surface area contributed by atoms with Crippen LogP contribution in [0, 0.1) is 12.7 Å². The molecular weight excluding hydrogens is 463 g/mol. The molecule has 188 valence electrons. The summed E-state index contributed by atoms with van der Waals surface area (Å²) in [6.45, 7) is 5.85. The van der Waals surface area contributed by atoms with Crippen LogP contribution in [0.5, 0.6) is 0 Å². The van der Waals surface area contributed by atoms with Gasteiger partial charge in [-0.3, -0.25) is 4.79 Å².